The van der Waals surface area contributed by atoms with Crippen molar-refractivity contribution in [2.24, 2.45) is 0 Å². The highest BCUT2D eigenvalue weighted by atomic mass is 32.1. The Balaban J connectivity index is 2.14. The number of thiophene rings is 1. The number of aromatic nitrogens is 2. The minimum Gasteiger partial charge on any atom is -0.392 e. The predicted molar refractivity (Wildman–Crippen MR) is 68.6 cm³/mol. The Morgan fingerprint density at radius 2 is 2.44 bits per heavy atom. The van der Waals surface area contributed by atoms with Gasteiger partial charge in [0.15, 0.2) is 0 Å². The highest BCUT2D eigenvalue weighted by Gasteiger charge is 2.09. The fraction of sp³-hybridized carbons (Fsp3) is 0.364. The van der Waals surface area contributed by atoms with Gasteiger partial charge in [0.25, 0.3) is 5.56 Å². The van der Waals surface area contributed by atoms with Crippen molar-refractivity contribution < 1.29 is 9.90 Å². The summed E-state index contributed by atoms with van der Waals surface area (Å²) in [4.78, 5) is 28.3. The zero-order valence-corrected chi connectivity index (χ0v) is 10.6. The summed E-state index contributed by atoms with van der Waals surface area (Å²) in [6.07, 6.45) is 0.756. The maximum absolute atomic E-state index is 12.0. The van der Waals surface area contributed by atoms with Gasteiger partial charge in [-0.2, -0.15) is 0 Å². The molecule has 2 aromatic rings. The molecule has 0 aliphatic rings. The quantitative estimate of drug-likeness (QED) is 0.814. The third-order valence-electron chi connectivity index (χ3n) is 2.36. The van der Waals surface area contributed by atoms with Gasteiger partial charge in [-0.3, -0.25) is 14.2 Å². The molecule has 1 atom stereocenters. The lowest BCUT2D eigenvalue weighted by Crippen LogP contribution is -2.35. The van der Waals surface area contributed by atoms with Crippen LogP contribution in [0.4, 0.5) is 0 Å². The van der Waals surface area contributed by atoms with Crippen molar-refractivity contribution >= 4 is 27.5 Å². The summed E-state index contributed by atoms with van der Waals surface area (Å²) in [6, 6.07) is 1.69. The van der Waals surface area contributed by atoms with Gasteiger partial charge in [-0.1, -0.05) is 0 Å². The van der Waals surface area contributed by atoms with Crippen molar-refractivity contribution in [3.05, 3.63) is 28.1 Å². The molecule has 0 aliphatic heterocycles. The Kier molecular flexibility index (Phi) is 3.73. The van der Waals surface area contributed by atoms with Crippen LogP contribution in [0, 0.1) is 0 Å². The number of fused-ring (bicyclic) bond motifs is 1. The molecule has 0 saturated carbocycles. The number of carbonyl (C=O) groups excluding carboxylic acids is 1. The molecular weight excluding hydrogens is 254 g/mol. The topological polar surface area (TPSA) is 84.2 Å². The smallest absolute Gasteiger partial charge is 0.262 e. The van der Waals surface area contributed by atoms with E-state index in [2.05, 4.69) is 10.3 Å². The second-order valence-electron chi connectivity index (χ2n) is 3.97. The molecule has 2 rings (SSSR count). The van der Waals surface area contributed by atoms with E-state index >= 15 is 0 Å². The lowest BCUT2D eigenvalue weighted by molar-refractivity contribution is -0.122. The highest BCUT2D eigenvalue weighted by Crippen LogP contribution is 2.12. The van der Waals surface area contributed by atoms with Crippen molar-refractivity contribution in [2.45, 2.75) is 19.6 Å². The number of nitrogens with one attached hydrogen (secondary N) is 1. The van der Waals surface area contributed by atoms with Gasteiger partial charge >= 0.3 is 0 Å². The molecule has 0 fully saturated rings. The number of carbonyl (C=O) groups is 1. The van der Waals surface area contributed by atoms with Crippen LogP contribution in [0.15, 0.2) is 22.6 Å². The first-order valence-electron chi connectivity index (χ1n) is 5.45. The molecule has 0 spiro atoms. The maximum atomic E-state index is 12.0. The summed E-state index contributed by atoms with van der Waals surface area (Å²) in [5, 5.41) is 13.9. The van der Waals surface area contributed by atoms with Crippen LogP contribution in [0.5, 0.6) is 0 Å². The molecule has 2 heterocycles. The van der Waals surface area contributed by atoms with Crippen molar-refractivity contribution in [3.8, 4) is 0 Å². The summed E-state index contributed by atoms with van der Waals surface area (Å²) in [7, 11) is 0. The van der Waals surface area contributed by atoms with Crippen molar-refractivity contribution in [1.82, 2.24) is 14.9 Å². The van der Waals surface area contributed by atoms with Crippen LogP contribution in [0.1, 0.15) is 6.92 Å². The average Bonchev–Trinajstić information content (AvgIpc) is 2.79. The molecular formula is C11H13N3O3S. The van der Waals surface area contributed by atoms with Gasteiger partial charge in [0.2, 0.25) is 5.91 Å². The average molecular weight is 267 g/mol. The van der Waals surface area contributed by atoms with Crippen molar-refractivity contribution in [3.63, 3.8) is 0 Å². The molecule has 0 bridgehead atoms. The number of aliphatic hydroxyl groups excluding tert-OH is 1. The normalized spacial score (nSPS) is 12.6. The molecule has 0 unspecified atom stereocenters. The Hall–Kier alpha value is -1.73. The lowest BCUT2D eigenvalue weighted by Gasteiger charge is -2.08. The lowest BCUT2D eigenvalue weighted by atomic mass is 10.4. The summed E-state index contributed by atoms with van der Waals surface area (Å²) < 4.78 is 1.26. The highest BCUT2D eigenvalue weighted by molar-refractivity contribution is 7.16. The van der Waals surface area contributed by atoms with Crippen LogP contribution in [-0.2, 0) is 11.3 Å². The van der Waals surface area contributed by atoms with E-state index < -0.39 is 6.10 Å². The van der Waals surface area contributed by atoms with Crippen molar-refractivity contribution in [2.75, 3.05) is 6.54 Å². The number of amides is 1. The molecule has 6 nitrogen and oxygen atoms in total. The van der Waals surface area contributed by atoms with Crippen LogP contribution in [0.2, 0.25) is 0 Å². The fourth-order valence-corrected chi connectivity index (χ4v) is 2.20. The molecule has 96 valence electrons. The Labute approximate surface area is 107 Å². The molecule has 0 saturated heterocycles. The van der Waals surface area contributed by atoms with Gasteiger partial charge in [-0.05, 0) is 18.4 Å². The number of aliphatic hydroxyl groups is 1. The Bertz CT molecular complexity index is 617. The molecule has 0 radical (unpaired) electrons. The number of nitrogens with zero attached hydrogens (tertiary/aromatic N) is 2. The number of hydrogen-bond donors (Lipinski definition) is 2. The van der Waals surface area contributed by atoms with Gasteiger partial charge in [0, 0.05) is 6.54 Å². The van der Waals surface area contributed by atoms with Crippen LogP contribution >= 0.6 is 11.3 Å². The number of hydrogen-bond acceptors (Lipinski definition) is 5. The zero-order valence-electron chi connectivity index (χ0n) is 9.79. The second-order valence-corrected chi connectivity index (χ2v) is 4.86. The van der Waals surface area contributed by atoms with E-state index in [9.17, 15) is 9.59 Å². The summed E-state index contributed by atoms with van der Waals surface area (Å²) in [5.74, 6) is -0.325. The maximum Gasteiger partial charge on any atom is 0.262 e. The molecule has 18 heavy (non-hydrogen) atoms. The van der Waals surface area contributed by atoms with Gasteiger partial charge in [0.05, 0.1) is 17.8 Å². The number of rotatable bonds is 4. The minimum atomic E-state index is -0.608. The first-order valence-corrected chi connectivity index (χ1v) is 6.33. The first kappa shape index (κ1) is 12.7. The van der Waals surface area contributed by atoms with Crippen LogP contribution < -0.4 is 10.9 Å². The van der Waals surface area contributed by atoms with Crippen molar-refractivity contribution in [1.29, 1.82) is 0 Å². The molecule has 7 heteroatoms. The van der Waals surface area contributed by atoms with E-state index in [1.54, 1.807) is 18.4 Å². The predicted octanol–water partition coefficient (Wildman–Crippen LogP) is -0.0450. The molecule has 2 aromatic heterocycles. The van der Waals surface area contributed by atoms with E-state index in [-0.39, 0.29) is 24.6 Å². The minimum absolute atomic E-state index is 0.0929. The summed E-state index contributed by atoms with van der Waals surface area (Å²) in [5.41, 5.74) is -0.228. The van der Waals surface area contributed by atoms with Crippen LogP contribution in [-0.4, -0.2) is 33.2 Å². The van der Waals surface area contributed by atoms with E-state index in [1.165, 1.54) is 22.2 Å². The summed E-state index contributed by atoms with van der Waals surface area (Å²) in [6.45, 7) is 1.65. The van der Waals surface area contributed by atoms with E-state index in [4.69, 9.17) is 5.11 Å². The Morgan fingerprint density at radius 1 is 1.67 bits per heavy atom. The SMILES string of the molecule is C[C@H](O)CNC(=O)Cn1cnc2sccc2c1=O. The van der Waals surface area contributed by atoms with Gasteiger partial charge < -0.3 is 10.4 Å². The standard InChI is InChI=1S/C11H13N3O3S/c1-7(15)4-12-9(16)5-14-6-13-10-8(11(14)17)2-3-18-10/h2-3,6-7,15H,4-5H2,1H3,(H,12,16)/t7-/m0/s1. The third kappa shape index (κ3) is 2.74. The molecule has 2 N–H and O–H groups in total. The van der Waals surface area contributed by atoms with Gasteiger partial charge in [0.1, 0.15) is 11.4 Å². The first-order chi connectivity index (χ1) is 8.58. The monoisotopic (exact) mass is 267 g/mol. The van der Waals surface area contributed by atoms with E-state index in [0.29, 0.717) is 10.2 Å². The van der Waals surface area contributed by atoms with Gasteiger partial charge in [-0.25, -0.2) is 4.98 Å². The molecule has 0 aromatic carbocycles. The van der Waals surface area contributed by atoms with Gasteiger partial charge in [-0.15, -0.1) is 11.3 Å². The third-order valence-corrected chi connectivity index (χ3v) is 3.18. The van der Waals surface area contributed by atoms with E-state index in [0.717, 1.165) is 0 Å². The molecule has 0 aliphatic carbocycles. The Morgan fingerprint density at radius 3 is 3.17 bits per heavy atom. The second kappa shape index (κ2) is 5.28. The summed E-state index contributed by atoms with van der Waals surface area (Å²) >= 11 is 1.39. The zero-order chi connectivity index (χ0) is 13.1. The van der Waals surface area contributed by atoms with E-state index in [1.807, 2.05) is 0 Å². The van der Waals surface area contributed by atoms with Crippen LogP contribution in [0.3, 0.4) is 0 Å². The largest absolute Gasteiger partial charge is 0.392 e. The van der Waals surface area contributed by atoms with Crippen LogP contribution in [0.25, 0.3) is 10.2 Å². The molecule has 1 amide bonds. The fourth-order valence-electron chi connectivity index (χ4n) is 1.48.